The smallest absolute Gasteiger partial charge is 0.105 e. The summed E-state index contributed by atoms with van der Waals surface area (Å²) in [6.45, 7) is 7.22. The molecule has 2 aromatic rings. The molecule has 1 aliphatic rings. The highest BCUT2D eigenvalue weighted by Gasteiger charge is 2.21. The topological polar surface area (TPSA) is 29.9 Å². The van der Waals surface area contributed by atoms with E-state index in [1.165, 1.54) is 25.0 Å². The Morgan fingerprint density at radius 3 is 3.05 bits per heavy atom. The fourth-order valence-corrected chi connectivity index (χ4v) is 3.42. The molecule has 0 radical (unpaired) electrons. The fourth-order valence-electron chi connectivity index (χ4n) is 3.42. The van der Waals surface area contributed by atoms with Crippen LogP contribution in [-0.4, -0.2) is 16.1 Å². The van der Waals surface area contributed by atoms with Gasteiger partial charge in [-0.15, -0.1) is 0 Å². The summed E-state index contributed by atoms with van der Waals surface area (Å²) in [4.78, 5) is 4.51. The average Bonchev–Trinajstić information content (AvgIpc) is 2.86. The standard InChI is InChI=1S/C18H25N3/c1-3-19-11-17-12-20-14(2)21(17)13-16-9-6-8-15-7-4-5-10-18(15)16/h4-5,7,10,12,16,19H,3,6,8-9,11,13H2,1-2H3. The number of aromatic nitrogens is 2. The second-order valence-electron chi connectivity index (χ2n) is 5.98. The van der Waals surface area contributed by atoms with Crippen molar-refractivity contribution in [3.8, 4) is 0 Å². The highest BCUT2D eigenvalue weighted by atomic mass is 15.1. The number of imidazole rings is 1. The second kappa shape index (κ2) is 6.44. The van der Waals surface area contributed by atoms with Crippen molar-refractivity contribution in [2.45, 2.75) is 52.1 Å². The number of benzene rings is 1. The lowest BCUT2D eigenvalue weighted by Gasteiger charge is -2.27. The Kier molecular flexibility index (Phi) is 4.39. The van der Waals surface area contributed by atoms with Crippen LogP contribution >= 0.6 is 0 Å². The van der Waals surface area contributed by atoms with Gasteiger partial charge in [0.25, 0.3) is 0 Å². The van der Waals surface area contributed by atoms with Gasteiger partial charge in [-0.1, -0.05) is 31.2 Å². The molecule has 1 unspecified atom stereocenters. The predicted molar refractivity (Wildman–Crippen MR) is 86.5 cm³/mol. The summed E-state index contributed by atoms with van der Waals surface area (Å²) in [5.41, 5.74) is 4.39. The molecule has 0 spiro atoms. The normalized spacial score (nSPS) is 17.7. The van der Waals surface area contributed by atoms with Gasteiger partial charge in [0.15, 0.2) is 0 Å². The first-order valence-electron chi connectivity index (χ1n) is 8.09. The van der Waals surface area contributed by atoms with E-state index in [4.69, 9.17) is 0 Å². The highest BCUT2D eigenvalue weighted by molar-refractivity contribution is 5.32. The quantitative estimate of drug-likeness (QED) is 0.911. The summed E-state index contributed by atoms with van der Waals surface area (Å²) in [7, 11) is 0. The van der Waals surface area contributed by atoms with Crippen molar-refractivity contribution in [3.63, 3.8) is 0 Å². The first-order chi connectivity index (χ1) is 10.3. The number of fused-ring (bicyclic) bond motifs is 1. The molecule has 0 saturated heterocycles. The molecular weight excluding hydrogens is 258 g/mol. The van der Waals surface area contributed by atoms with Crippen molar-refractivity contribution in [2.75, 3.05) is 6.54 Å². The number of hydrogen-bond acceptors (Lipinski definition) is 2. The molecule has 3 heteroatoms. The van der Waals surface area contributed by atoms with Gasteiger partial charge < -0.3 is 9.88 Å². The second-order valence-corrected chi connectivity index (χ2v) is 5.98. The van der Waals surface area contributed by atoms with Gasteiger partial charge in [0.05, 0.1) is 5.69 Å². The number of hydrogen-bond donors (Lipinski definition) is 1. The number of aryl methyl sites for hydroxylation is 2. The molecule has 3 rings (SSSR count). The molecule has 0 aliphatic heterocycles. The van der Waals surface area contributed by atoms with Crippen LogP contribution in [0.3, 0.4) is 0 Å². The third-order valence-corrected chi connectivity index (χ3v) is 4.59. The molecule has 112 valence electrons. The summed E-state index contributed by atoms with van der Waals surface area (Å²) >= 11 is 0. The Hall–Kier alpha value is -1.61. The fraction of sp³-hybridized carbons (Fsp3) is 0.500. The van der Waals surface area contributed by atoms with E-state index in [-0.39, 0.29) is 0 Å². The van der Waals surface area contributed by atoms with Crippen LogP contribution in [0.1, 0.15) is 48.3 Å². The first kappa shape index (κ1) is 14.3. The SMILES string of the molecule is CCNCc1cnc(C)n1CC1CCCc2ccccc21. The predicted octanol–water partition coefficient (Wildman–Crippen LogP) is 3.42. The van der Waals surface area contributed by atoms with E-state index in [0.717, 1.165) is 25.5 Å². The van der Waals surface area contributed by atoms with Crippen LogP contribution in [0.4, 0.5) is 0 Å². The molecule has 1 aromatic heterocycles. The van der Waals surface area contributed by atoms with E-state index in [1.807, 2.05) is 6.20 Å². The van der Waals surface area contributed by atoms with E-state index in [2.05, 4.69) is 53.0 Å². The van der Waals surface area contributed by atoms with Gasteiger partial charge in [-0.05, 0) is 43.9 Å². The summed E-state index contributed by atoms with van der Waals surface area (Å²) in [5, 5.41) is 3.41. The molecule has 21 heavy (non-hydrogen) atoms. The van der Waals surface area contributed by atoms with Crippen molar-refractivity contribution >= 4 is 0 Å². The minimum atomic E-state index is 0.628. The minimum absolute atomic E-state index is 0.628. The zero-order valence-corrected chi connectivity index (χ0v) is 13.1. The third kappa shape index (κ3) is 3.03. The average molecular weight is 283 g/mol. The molecule has 3 nitrogen and oxygen atoms in total. The number of nitrogens with zero attached hydrogens (tertiary/aromatic N) is 2. The van der Waals surface area contributed by atoms with Gasteiger partial charge in [0, 0.05) is 25.2 Å². The molecule has 1 N–H and O–H groups in total. The van der Waals surface area contributed by atoms with Gasteiger partial charge in [-0.2, -0.15) is 0 Å². The Morgan fingerprint density at radius 2 is 2.19 bits per heavy atom. The van der Waals surface area contributed by atoms with E-state index >= 15 is 0 Å². The van der Waals surface area contributed by atoms with Crippen molar-refractivity contribution < 1.29 is 0 Å². The summed E-state index contributed by atoms with van der Waals surface area (Å²) in [5.74, 6) is 1.76. The van der Waals surface area contributed by atoms with E-state index in [9.17, 15) is 0 Å². The summed E-state index contributed by atoms with van der Waals surface area (Å²) in [6, 6.07) is 8.95. The lowest BCUT2D eigenvalue weighted by molar-refractivity contribution is 0.465. The molecule has 1 heterocycles. The molecule has 0 saturated carbocycles. The Morgan fingerprint density at radius 1 is 1.33 bits per heavy atom. The highest BCUT2D eigenvalue weighted by Crippen LogP contribution is 2.33. The maximum absolute atomic E-state index is 4.51. The van der Waals surface area contributed by atoms with Gasteiger partial charge >= 0.3 is 0 Å². The van der Waals surface area contributed by atoms with Crippen LogP contribution in [0, 0.1) is 6.92 Å². The third-order valence-electron chi connectivity index (χ3n) is 4.59. The Labute approximate surface area is 127 Å². The Balaban J connectivity index is 1.83. The van der Waals surface area contributed by atoms with E-state index < -0.39 is 0 Å². The molecular formula is C18H25N3. The number of nitrogens with one attached hydrogen (secondary N) is 1. The first-order valence-corrected chi connectivity index (χ1v) is 8.09. The van der Waals surface area contributed by atoms with E-state index in [1.54, 1.807) is 11.1 Å². The molecule has 0 fully saturated rings. The molecule has 0 bridgehead atoms. The van der Waals surface area contributed by atoms with Crippen LogP contribution in [-0.2, 0) is 19.5 Å². The Bertz CT molecular complexity index is 600. The van der Waals surface area contributed by atoms with Gasteiger partial charge in [0.2, 0.25) is 0 Å². The lowest BCUT2D eigenvalue weighted by atomic mass is 9.83. The summed E-state index contributed by atoms with van der Waals surface area (Å²) < 4.78 is 2.40. The van der Waals surface area contributed by atoms with Crippen LogP contribution in [0.2, 0.25) is 0 Å². The zero-order chi connectivity index (χ0) is 14.7. The van der Waals surface area contributed by atoms with Crippen molar-refractivity contribution in [1.82, 2.24) is 14.9 Å². The van der Waals surface area contributed by atoms with Gasteiger partial charge in [-0.25, -0.2) is 4.98 Å². The van der Waals surface area contributed by atoms with E-state index in [0.29, 0.717) is 5.92 Å². The van der Waals surface area contributed by atoms with Gasteiger partial charge in [0.1, 0.15) is 5.82 Å². The maximum atomic E-state index is 4.51. The molecule has 1 atom stereocenters. The lowest BCUT2D eigenvalue weighted by Crippen LogP contribution is -2.20. The van der Waals surface area contributed by atoms with Crippen LogP contribution < -0.4 is 5.32 Å². The van der Waals surface area contributed by atoms with Crippen LogP contribution in [0.25, 0.3) is 0 Å². The number of rotatable bonds is 5. The summed E-state index contributed by atoms with van der Waals surface area (Å²) in [6.07, 6.45) is 5.85. The van der Waals surface area contributed by atoms with Crippen molar-refractivity contribution in [2.24, 2.45) is 0 Å². The monoisotopic (exact) mass is 283 g/mol. The zero-order valence-electron chi connectivity index (χ0n) is 13.1. The van der Waals surface area contributed by atoms with Crippen LogP contribution in [0.15, 0.2) is 30.5 Å². The molecule has 1 aromatic carbocycles. The minimum Gasteiger partial charge on any atom is -0.330 e. The largest absolute Gasteiger partial charge is 0.330 e. The van der Waals surface area contributed by atoms with Crippen molar-refractivity contribution in [1.29, 1.82) is 0 Å². The maximum Gasteiger partial charge on any atom is 0.105 e. The van der Waals surface area contributed by atoms with Gasteiger partial charge in [-0.3, -0.25) is 0 Å². The van der Waals surface area contributed by atoms with Crippen molar-refractivity contribution in [3.05, 3.63) is 53.1 Å². The molecule has 1 aliphatic carbocycles. The molecule has 0 amide bonds. The van der Waals surface area contributed by atoms with Crippen LogP contribution in [0.5, 0.6) is 0 Å².